The lowest BCUT2D eigenvalue weighted by Gasteiger charge is -2.10. The Hall–Kier alpha value is -2.12. The largest absolute Gasteiger partial charge is 0.484 e. The Bertz CT molecular complexity index is 838. The molecule has 0 aliphatic rings. The third-order valence-corrected chi connectivity index (χ3v) is 4.52. The summed E-state index contributed by atoms with van der Waals surface area (Å²) in [4.78, 5) is 0. The van der Waals surface area contributed by atoms with Crippen LogP contribution in [-0.2, 0) is 6.61 Å². The lowest BCUT2D eigenvalue weighted by atomic mass is 10.1. The van der Waals surface area contributed by atoms with Gasteiger partial charge in [0, 0.05) is 15.8 Å². The first kappa shape index (κ1) is 17.7. The smallest absolute Gasteiger partial charge is 0.277 e. The summed E-state index contributed by atoms with van der Waals surface area (Å²) in [6.07, 6.45) is 0. The molecule has 0 aliphatic heterocycles. The van der Waals surface area contributed by atoms with Gasteiger partial charge in [-0.15, -0.1) is 10.2 Å². The third kappa shape index (κ3) is 4.49. The Balaban J connectivity index is 1.62. The maximum atomic E-state index is 13.8. The summed E-state index contributed by atoms with van der Waals surface area (Å²) in [5, 5.41) is 8.03. The van der Waals surface area contributed by atoms with Gasteiger partial charge in [0.2, 0.25) is 0 Å². The normalized spacial score (nSPS) is 12.2. The number of aromatic nitrogens is 2. The third-order valence-electron chi connectivity index (χ3n) is 3.31. The molecule has 8 heteroatoms. The van der Waals surface area contributed by atoms with Gasteiger partial charge in [0.15, 0.2) is 6.61 Å². The molecule has 0 radical (unpaired) electrons. The van der Waals surface area contributed by atoms with Crippen molar-refractivity contribution in [2.45, 2.75) is 24.0 Å². The zero-order valence-corrected chi connectivity index (χ0v) is 14.7. The fourth-order valence-corrected chi connectivity index (χ4v) is 3.13. The van der Waals surface area contributed by atoms with Crippen LogP contribution in [0, 0.1) is 11.6 Å². The molecule has 1 atom stereocenters. The second-order valence-corrected chi connectivity index (χ2v) is 6.83. The highest BCUT2D eigenvalue weighted by Crippen LogP contribution is 2.36. The number of halogens is 3. The van der Waals surface area contributed by atoms with E-state index < -0.39 is 16.9 Å². The highest BCUT2D eigenvalue weighted by Gasteiger charge is 2.20. The average Bonchev–Trinajstić information content (AvgIpc) is 3.01. The van der Waals surface area contributed by atoms with Crippen LogP contribution in [0.2, 0.25) is 5.02 Å². The van der Waals surface area contributed by atoms with Crippen molar-refractivity contribution in [2.75, 3.05) is 0 Å². The van der Waals surface area contributed by atoms with Gasteiger partial charge in [-0.2, -0.15) is 0 Å². The van der Waals surface area contributed by atoms with Crippen LogP contribution in [0.25, 0.3) is 0 Å². The number of hydrogen-bond acceptors (Lipinski definition) is 5. The van der Waals surface area contributed by atoms with Crippen LogP contribution in [-0.4, -0.2) is 10.2 Å². The summed E-state index contributed by atoms with van der Waals surface area (Å²) in [6.45, 7) is 1.75. The zero-order chi connectivity index (χ0) is 17.8. The minimum absolute atomic E-state index is 0.0235. The zero-order valence-electron chi connectivity index (χ0n) is 13.1. The Morgan fingerprint density at radius 3 is 2.48 bits per heavy atom. The molecular weight excluding hydrogens is 370 g/mol. The molecule has 2 aromatic carbocycles. The topological polar surface area (TPSA) is 48.2 Å². The molecule has 0 bridgehead atoms. The molecule has 0 saturated heterocycles. The molecule has 0 spiro atoms. The van der Waals surface area contributed by atoms with E-state index in [9.17, 15) is 8.78 Å². The molecule has 1 aromatic heterocycles. The van der Waals surface area contributed by atoms with Crippen LogP contribution in [0.15, 0.2) is 52.1 Å². The summed E-state index contributed by atoms with van der Waals surface area (Å²) in [6, 6.07) is 10.6. The van der Waals surface area contributed by atoms with Gasteiger partial charge in [-0.1, -0.05) is 29.4 Å². The Kier molecular flexibility index (Phi) is 5.55. The molecule has 0 fully saturated rings. The van der Waals surface area contributed by atoms with Gasteiger partial charge in [-0.05, 0) is 43.3 Å². The first-order valence-electron chi connectivity index (χ1n) is 7.34. The molecule has 4 nitrogen and oxygen atoms in total. The fourth-order valence-electron chi connectivity index (χ4n) is 2.13. The van der Waals surface area contributed by atoms with E-state index in [-0.39, 0.29) is 23.3 Å². The van der Waals surface area contributed by atoms with Gasteiger partial charge < -0.3 is 9.15 Å². The average molecular weight is 383 g/mol. The van der Waals surface area contributed by atoms with E-state index in [0.717, 1.165) is 11.8 Å². The monoisotopic (exact) mass is 382 g/mol. The standard InChI is InChI=1S/C17H13ClF2N2O2S/c1-10(16-13(19)3-2-4-14(16)20)25-17-22-21-15(24-17)9-23-12-7-5-11(18)6-8-12/h2-8,10H,9H2,1H3. The van der Waals surface area contributed by atoms with Crippen molar-refractivity contribution in [1.82, 2.24) is 10.2 Å². The van der Waals surface area contributed by atoms with Crippen molar-refractivity contribution in [1.29, 1.82) is 0 Å². The number of nitrogens with zero attached hydrogens (tertiary/aromatic N) is 2. The molecule has 130 valence electrons. The van der Waals surface area contributed by atoms with Crippen molar-refractivity contribution >= 4 is 23.4 Å². The molecule has 1 heterocycles. The van der Waals surface area contributed by atoms with Crippen LogP contribution < -0.4 is 4.74 Å². The second-order valence-electron chi connectivity index (χ2n) is 5.10. The summed E-state index contributed by atoms with van der Waals surface area (Å²) in [5.74, 6) is -0.339. The fraction of sp³-hybridized carbons (Fsp3) is 0.176. The van der Waals surface area contributed by atoms with Gasteiger partial charge in [0.25, 0.3) is 11.1 Å². The van der Waals surface area contributed by atoms with Crippen molar-refractivity contribution in [3.05, 3.63) is 70.6 Å². The Morgan fingerprint density at radius 1 is 1.12 bits per heavy atom. The first-order valence-corrected chi connectivity index (χ1v) is 8.60. The van der Waals surface area contributed by atoms with E-state index in [0.29, 0.717) is 10.8 Å². The Labute approximate surface area is 152 Å². The van der Waals surface area contributed by atoms with Crippen LogP contribution in [0.1, 0.15) is 23.6 Å². The maximum Gasteiger partial charge on any atom is 0.277 e. The van der Waals surface area contributed by atoms with Crippen LogP contribution in [0.4, 0.5) is 8.78 Å². The predicted molar refractivity (Wildman–Crippen MR) is 90.7 cm³/mol. The number of hydrogen-bond donors (Lipinski definition) is 0. The minimum atomic E-state index is -0.606. The highest BCUT2D eigenvalue weighted by atomic mass is 35.5. The number of rotatable bonds is 6. The number of thioether (sulfide) groups is 1. The second kappa shape index (κ2) is 7.84. The quantitative estimate of drug-likeness (QED) is 0.532. The molecule has 0 N–H and O–H groups in total. The van der Waals surface area contributed by atoms with Crippen LogP contribution in [0.5, 0.6) is 5.75 Å². The number of benzene rings is 2. The Morgan fingerprint density at radius 2 is 1.80 bits per heavy atom. The van der Waals surface area contributed by atoms with E-state index in [1.807, 2.05) is 0 Å². The molecule has 0 aliphatic carbocycles. The maximum absolute atomic E-state index is 13.8. The van der Waals surface area contributed by atoms with Gasteiger partial charge in [-0.3, -0.25) is 0 Å². The number of ether oxygens (including phenoxy) is 1. The van der Waals surface area contributed by atoms with E-state index in [1.54, 1.807) is 31.2 Å². The van der Waals surface area contributed by atoms with E-state index >= 15 is 0 Å². The summed E-state index contributed by atoms with van der Waals surface area (Å²) in [5.41, 5.74) is -0.0235. The summed E-state index contributed by atoms with van der Waals surface area (Å²) in [7, 11) is 0. The summed E-state index contributed by atoms with van der Waals surface area (Å²) < 4.78 is 38.5. The van der Waals surface area contributed by atoms with E-state index in [1.165, 1.54) is 18.2 Å². The highest BCUT2D eigenvalue weighted by molar-refractivity contribution is 7.99. The van der Waals surface area contributed by atoms with Crippen molar-refractivity contribution < 1.29 is 17.9 Å². The molecule has 3 aromatic rings. The van der Waals surface area contributed by atoms with Crippen LogP contribution in [0.3, 0.4) is 0 Å². The van der Waals surface area contributed by atoms with E-state index in [4.69, 9.17) is 20.8 Å². The molecule has 0 amide bonds. The molecule has 25 heavy (non-hydrogen) atoms. The van der Waals surface area contributed by atoms with Crippen molar-refractivity contribution in [3.8, 4) is 5.75 Å². The van der Waals surface area contributed by atoms with Gasteiger partial charge in [0.1, 0.15) is 17.4 Å². The lowest BCUT2D eigenvalue weighted by Crippen LogP contribution is -1.98. The predicted octanol–water partition coefficient (Wildman–Crippen LogP) is 5.43. The molecule has 3 rings (SSSR count). The molecular formula is C17H13ClF2N2O2S. The molecule has 1 unspecified atom stereocenters. The first-order chi connectivity index (χ1) is 12.0. The van der Waals surface area contributed by atoms with Gasteiger partial charge >= 0.3 is 0 Å². The minimum Gasteiger partial charge on any atom is -0.484 e. The van der Waals surface area contributed by atoms with Crippen molar-refractivity contribution in [3.63, 3.8) is 0 Å². The molecule has 0 saturated carbocycles. The van der Waals surface area contributed by atoms with Crippen molar-refractivity contribution in [2.24, 2.45) is 0 Å². The summed E-state index contributed by atoms with van der Waals surface area (Å²) >= 11 is 6.88. The SMILES string of the molecule is CC(Sc1nnc(COc2ccc(Cl)cc2)o1)c1c(F)cccc1F. The van der Waals surface area contributed by atoms with Gasteiger partial charge in [0.05, 0.1) is 0 Å². The van der Waals surface area contributed by atoms with Crippen LogP contribution >= 0.6 is 23.4 Å². The van der Waals surface area contributed by atoms with E-state index in [2.05, 4.69) is 10.2 Å². The lowest BCUT2D eigenvalue weighted by molar-refractivity contribution is 0.252. The van der Waals surface area contributed by atoms with Gasteiger partial charge in [-0.25, -0.2) is 8.78 Å².